The Morgan fingerprint density at radius 2 is 1.86 bits per heavy atom. The van der Waals surface area contributed by atoms with Crippen molar-refractivity contribution >= 4 is 27.8 Å². The van der Waals surface area contributed by atoms with E-state index in [2.05, 4.69) is 42.3 Å². The number of carbonyl (C=O) groups is 1. The number of fused-ring (bicyclic) bond motifs is 3. The van der Waals surface area contributed by atoms with Gasteiger partial charge in [-0.05, 0) is 81.8 Å². The highest BCUT2D eigenvalue weighted by molar-refractivity contribution is 6.14. The third-order valence-corrected chi connectivity index (χ3v) is 8.23. The first-order valence-electron chi connectivity index (χ1n) is 14.2. The van der Waals surface area contributed by atoms with Gasteiger partial charge in [-0.15, -0.1) is 0 Å². The minimum atomic E-state index is -0.720. The molecular formula is C33H37N5O4. The summed E-state index contributed by atoms with van der Waals surface area (Å²) in [6.07, 6.45) is 1.09. The van der Waals surface area contributed by atoms with Crippen molar-refractivity contribution in [2.45, 2.75) is 78.4 Å². The van der Waals surface area contributed by atoms with Gasteiger partial charge in [0.1, 0.15) is 23.0 Å². The van der Waals surface area contributed by atoms with Gasteiger partial charge in [-0.25, -0.2) is 9.97 Å². The molecule has 9 nitrogen and oxygen atoms in total. The summed E-state index contributed by atoms with van der Waals surface area (Å²) in [5.74, 6) is 1.86. The maximum atomic E-state index is 13.4. The third-order valence-electron chi connectivity index (χ3n) is 8.23. The SMILES string of the molecule is COc1cc2c(cc1-c1c(C)noc1C)[nH]c1nc(C)nc(-c3cc(C(=O)N[C@H]4C[C@@](C)(O)C4)cc(C(C)(C)C)c3)c12. The fourth-order valence-electron chi connectivity index (χ4n) is 6.08. The molecule has 5 aromatic rings. The molecule has 9 heteroatoms. The van der Waals surface area contributed by atoms with Gasteiger partial charge in [-0.3, -0.25) is 4.79 Å². The highest BCUT2D eigenvalue weighted by Gasteiger charge is 2.39. The molecule has 1 saturated carbocycles. The molecule has 3 aromatic heterocycles. The Labute approximate surface area is 244 Å². The largest absolute Gasteiger partial charge is 0.496 e. The van der Waals surface area contributed by atoms with Gasteiger partial charge in [-0.1, -0.05) is 25.9 Å². The number of benzene rings is 2. The van der Waals surface area contributed by atoms with Crippen LogP contribution in [0.2, 0.25) is 0 Å². The molecular weight excluding hydrogens is 530 g/mol. The minimum absolute atomic E-state index is 0.0461. The summed E-state index contributed by atoms with van der Waals surface area (Å²) in [5, 5.41) is 19.1. The average molecular weight is 568 g/mol. The van der Waals surface area contributed by atoms with Crippen LogP contribution in [0.15, 0.2) is 34.9 Å². The summed E-state index contributed by atoms with van der Waals surface area (Å²) in [6.45, 7) is 13.9. The van der Waals surface area contributed by atoms with E-state index in [1.165, 1.54) is 0 Å². The molecule has 1 aliphatic carbocycles. The van der Waals surface area contributed by atoms with Gasteiger partial charge in [0.15, 0.2) is 0 Å². The average Bonchev–Trinajstić information content (AvgIpc) is 3.43. The molecule has 1 fully saturated rings. The number of ether oxygens (including phenoxy) is 1. The maximum Gasteiger partial charge on any atom is 0.251 e. The number of aliphatic hydroxyl groups is 1. The second-order valence-electron chi connectivity index (χ2n) is 12.9. The molecule has 0 unspecified atom stereocenters. The van der Waals surface area contributed by atoms with Gasteiger partial charge in [0.25, 0.3) is 5.91 Å². The van der Waals surface area contributed by atoms with E-state index in [-0.39, 0.29) is 17.4 Å². The molecule has 0 atom stereocenters. The smallest absolute Gasteiger partial charge is 0.251 e. The molecule has 3 N–H and O–H groups in total. The molecule has 3 heterocycles. The van der Waals surface area contributed by atoms with Crippen LogP contribution in [0.3, 0.4) is 0 Å². The summed E-state index contributed by atoms with van der Waals surface area (Å²) in [7, 11) is 1.65. The lowest BCUT2D eigenvalue weighted by Crippen LogP contribution is -2.53. The quantitative estimate of drug-likeness (QED) is 0.227. The lowest BCUT2D eigenvalue weighted by molar-refractivity contribution is -0.0366. The number of amides is 1. The van der Waals surface area contributed by atoms with E-state index in [0.717, 1.165) is 49.9 Å². The second kappa shape index (κ2) is 9.66. The van der Waals surface area contributed by atoms with Crippen molar-refractivity contribution in [3.8, 4) is 28.1 Å². The second-order valence-corrected chi connectivity index (χ2v) is 12.9. The number of aryl methyl sites for hydroxylation is 3. The van der Waals surface area contributed by atoms with Crippen LogP contribution in [0, 0.1) is 20.8 Å². The van der Waals surface area contributed by atoms with Crippen LogP contribution in [0.1, 0.15) is 73.7 Å². The maximum absolute atomic E-state index is 13.4. The number of methoxy groups -OCH3 is 1. The molecule has 2 aromatic carbocycles. The number of nitrogens with one attached hydrogen (secondary N) is 2. The molecule has 0 bridgehead atoms. The van der Waals surface area contributed by atoms with Crippen molar-refractivity contribution in [3.63, 3.8) is 0 Å². The number of hydrogen-bond donors (Lipinski definition) is 3. The van der Waals surface area contributed by atoms with Gasteiger partial charge in [0.2, 0.25) is 0 Å². The minimum Gasteiger partial charge on any atom is -0.496 e. The molecule has 6 rings (SSSR count). The monoisotopic (exact) mass is 567 g/mol. The Morgan fingerprint density at radius 3 is 2.48 bits per heavy atom. The summed E-state index contributed by atoms with van der Waals surface area (Å²) >= 11 is 0. The zero-order valence-electron chi connectivity index (χ0n) is 25.4. The number of hydrogen-bond acceptors (Lipinski definition) is 7. The normalized spacial score (nSPS) is 18.8. The van der Waals surface area contributed by atoms with E-state index in [4.69, 9.17) is 19.2 Å². The summed E-state index contributed by atoms with van der Waals surface area (Å²) in [4.78, 5) is 26.6. The van der Waals surface area contributed by atoms with Crippen molar-refractivity contribution in [3.05, 3.63) is 58.7 Å². The van der Waals surface area contributed by atoms with Gasteiger partial charge >= 0.3 is 0 Å². The lowest BCUT2D eigenvalue weighted by atomic mass is 9.77. The Bertz CT molecular complexity index is 1850. The van der Waals surface area contributed by atoms with Gasteiger partial charge in [0, 0.05) is 33.6 Å². The van der Waals surface area contributed by atoms with Crippen LogP contribution in [0.5, 0.6) is 5.75 Å². The van der Waals surface area contributed by atoms with Gasteiger partial charge < -0.3 is 24.7 Å². The Balaban J connectivity index is 1.54. The number of aromatic nitrogens is 4. The first-order chi connectivity index (χ1) is 19.7. The highest BCUT2D eigenvalue weighted by atomic mass is 16.5. The van der Waals surface area contributed by atoms with E-state index < -0.39 is 5.60 Å². The topological polar surface area (TPSA) is 126 Å². The zero-order chi connectivity index (χ0) is 30.1. The lowest BCUT2D eigenvalue weighted by Gasteiger charge is -2.41. The summed E-state index contributed by atoms with van der Waals surface area (Å²) < 4.78 is 11.3. The molecule has 0 spiro atoms. The van der Waals surface area contributed by atoms with Gasteiger partial charge in [-0.2, -0.15) is 0 Å². The Kier molecular flexibility index (Phi) is 6.42. The van der Waals surface area contributed by atoms with Crippen molar-refractivity contribution in [2.75, 3.05) is 7.11 Å². The number of carbonyl (C=O) groups excluding carboxylic acids is 1. The standard InChI is InChI=1S/C33H37N5O4/c1-16-27(17(2)42-38-16)24-12-25-23(13-26(24)41-8)28-29(34-18(3)35-30(28)37-25)19-9-20(11-21(10-19)32(4,5)6)31(39)36-22-14-33(7,40)15-22/h9-13,22,40H,14-15H2,1-8H3,(H,36,39)(H,34,35,37)/t22-,33+. The molecule has 218 valence electrons. The van der Waals surface area contributed by atoms with E-state index in [9.17, 15) is 9.90 Å². The molecule has 1 aliphatic rings. The van der Waals surface area contributed by atoms with Crippen molar-refractivity contribution in [2.24, 2.45) is 0 Å². The predicted molar refractivity (Wildman–Crippen MR) is 163 cm³/mol. The van der Waals surface area contributed by atoms with Crippen LogP contribution < -0.4 is 10.1 Å². The Hall–Kier alpha value is -4.24. The number of nitrogens with zero attached hydrogens (tertiary/aromatic N) is 3. The van der Waals surface area contributed by atoms with Crippen molar-refractivity contribution in [1.82, 2.24) is 25.4 Å². The van der Waals surface area contributed by atoms with E-state index in [0.29, 0.717) is 41.4 Å². The van der Waals surface area contributed by atoms with Crippen molar-refractivity contribution in [1.29, 1.82) is 0 Å². The molecule has 0 radical (unpaired) electrons. The fraction of sp³-hybridized carbons (Fsp3) is 0.394. The van der Waals surface area contributed by atoms with E-state index >= 15 is 0 Å². The van der Waals surface area contributed by atoms with Gasteiger partial charge in [0.05, 0.1) is 35.0 Å². The van der Waals surface area contributed by atoms with Crippen LogP contribution in [0.25, 0.3) is 44.3 Å². The van der Waals surface area contributed by atoms with Crippen molar-refractivity contribution < 1.29 is 19.2 Å². The molecule has 0 saturated heterocycles. The summed E-state index contributed by atoms with van der Waals surface area (Å²) in [6, 6.07) is 9.96. The Morgan fingerprint density at radius 1 is 1.12 bits per heavy atom. The van der Waals surface area contributed by atoms with E-state index in [1.54, 1.807) is 14.0 Å². The van der Waals surface area contributed by atoms with E-state index in [1.807, 2.05) is 45.0 Å². The predicted octanol–water partition coefficient (Wildman–Crippen LogP) is 6.31. The number of rotatable bonds is 5. The zero-order valence-corrected chi connectivity index (χ0v) is 25.4. The van der Waals surface area contributed by atoms with Crippen LogP contribution in [-0.4, -0.2) is 49.9 Å². The van der Waals surface area contributed by atoms with Crippen LogP contribution in [0.4, 0.5) is 0 Å². The molecule has 42 heavy (non-hydrogen) atoms. The van der Waals surface area contributed by atoms with Crippen LogP contribution in [-0.2, 0) is 5.41 Å². The molecule has 1 amide bonds. The first kappa shape index (κ1) is 27.9. The third kappa shape index (κ3) is 4.81. The van der Waals surface area contributed by atoms with Crippen LogP contribution >= 0.6 is 0 Å². The summed E-state index contributed by atoms with van der Waals surface area (Å²) in [5.41, 5.74) is 6.37. The molecule has 0 aliphatic heterocycles. The number of H-pyrrole nitrogens is 1. The highest BCUT2D eigenvalue weighted by Crippen LogP contribution is 2.42. The first-order valence-corrected chi connectivity index (χ1v) is 14.2. The fourth-order valence-corrected chi connectivity index (χ4v) is 6.08. The number of aromatic amines is 1.